The maximum absolute atomic E-state index is 12.5. The summed E-state index contributed by atoms with van der Waals surface area (Å²) in [6.45, 7) is 4.54. The van der Waals surface area contributed by atoms with Crippen LogP contribution in [-0.4, -0.2) is 6.67 Å². The molecule has 3 aliphatic carbocycles. The normalized spacial score (nSPS) is 46.6. The molecule has 0 aromatic rings. The highest BCUT2D eigenvalue weighted by atomic mass is 19.1. The molecule has 0 spiro atoms. The molecular formula is C10H17F. The molecule has 3 atom stereocenters. The average molecular weight is 156 g/mol. The first-order valence-corrected chi connectivity index (χ1v) is 4.72. The van der Waals surface area contributed by atoms with Crippen molar-refractivity contribution in [3.8, 4) is 0 Å². The second-order valence-electron chi connectivity index (χ2n) is 4.85. The van der Waals surface area contributed by atoms with Crippen LogP contribution in [0, 0.1) is 23.2 Å². The molecule has 3 fully saturated rings. The van der Waals surface area contributed by atoms with Crippen LogP contribution >= 0.6 is 0 Å². The number of fused-ring (bicyclic) bond motifs is 2. The average Bonchev–Trinajstić information content (AvgIpc) is 2.04. The van der Waals surface area contributed by atoms with Crippen molar-refractivity contribution in [2.24, 2.45) is 23.2 Å². The van der Waals surface area contributed by atoms with Gasteiger partial charge < -0.3 is 0 Å². The summed E-state index contributed by atoms with van der Waals surface area (Å²) in [4.78, 5) is 0. The summed E-state index contributed by atoms with van der Waals surface area (Å²) in [7, 11) is 0. The van der Waals surface area contributed by atoms with Crippen molar-refractivity contribution in [3.05, 3.63) is 0 Å². The van der Waals surface area contributed by atoms with Gasteiger partial charge in [-0.25, -0.2) is 0 Å². The van der Waals surface area contributed by atoms with Crippen LogP contribution < -0.4 is 0 Å². The van der Waals surface area contributed by atoms with Crippen LogP contribution in [0.1, 0.15) is 33.1 Å². The molecule has 3 unspecified atom stereocenters. The van der Waals surface area contributed by atoms with Crippen molar-refractivity contribution < 1.29 is 4.39 Å². The van der Waals surface area contributed by atoms with Gasteiger partial charge in [-0.15, -0.1) is 0 Å². The lowest BCUT2D eigenvalue weighted by Crippen LogP contribution is -2.52. The molecule has 0 N–H and O–H groups in total. The minimum Gasteiger partial charge on any atom is -0.251 e. The van der Waals surface area contributed by atoms with E-state index in [1.807, 2.05) is 0 Å². The molecule has 3 saturated carbocycles. The Kier molecular flexibility index (Phi) is 1.52. The van der Waals surface area contributed by atoms with Gasteiger partial charge in [0.15, 0.2) is 0 Å². The van der Waals surface area contributed by atoms with Gasteiger partial charge in [0.05, 0.1) is 6.67 Å². The van der Waals surface area contributed by atoms with Crippen LogP contribution in [0.5, 0.6) is 0 Å². The third-order valence-corrected chi connectivity index (χ3v) is 4.20. The van der Waals surface area contributed by atoms with Crippen molar-refractivity contribution in [3.63, 3.8) is 0 Å². The molecular weight excluding hydrogens is 139 g/mol. The van der Waals surface area contributed by atoms with Crippen LogP contribution in [0.3, 0.4) is 0 Å². The smallest absolute Gasteiger partial charge is 0.0925 e. The molecule has 3 rings (SSSR count). The van der Waals surface area contributed by atoms with Crippen molar-refractivity contribution >= 4 is 0 Å². The minimum absolute atomic E-state index is 0.0825. The fraction of sp³-hybridized carbons (Fsp3) is 1.00. The van der Waals surface area contributed by atoms with Crippen molar-refractivity contribution in [2.75, 3.05) is 6.67 Å². The Bertz CT molecular complexity index is 160. The molecule has 2 bridgehead atoms. The summed E-state index contributed by atoms with van der Waals surface area (Å²) < 4.78 is 12.5. The van der Waals surface area contributed by atoms with E-state index in [1.54, 1.807) is 0 Å². The fourth-order valence-corrected chi connectivity index (χ4v) is 3.15. The molecule has 0 nitrogen and oxygen atoms in total. The van der Waals surface area contributed by atoms with E-state index < -0.39 is 0 Å². The molecule has 11 heavy (non-hydrogen) atoms. The predicted molar refractivity (Wildman–Crippen MR) is 44.1 cm³/mol. The SMILES string of the molecule is CC1(C)C2CCC(CF)C1C2. The van der Waals surface area contributed by atoms with E-state index in [1.165, 1.54) is 12.8 Å². The van der Waals surface area contributed by atoms with Crippen LogP contribution in [-0.2, 0) is 0 Å². The molecule has 0 aromatic heterocycles. The lowest BCUT2D eigenvalue weighted by molar-refractivity contribution is -0.109. The van der Waals surface area contributed by atoms with E-state index in [0.29, 0.717) is 17.3 Å². The molecule has 0 saturated heterocycles. The molecule has 3 aliphatic rings. The van der Waals surface area contributed by atoms with E-state index in [9.17, 15) is 4.39 Å². The van der Waals surface area contributed by atoms with E-state index in [0.717, 1.165) is 12.3 Å². The number of hydrogen-bond acceptors (Lipinski definition) is 0. The summed E-state index contributed by atoms with van der Waals surface area (Å²) in [5.74, 6) is 2.01. The maximum Gasteiger partial charge on any atom is 0.0925 e. The van der Waals surface area contributed by atoms with Gasteiger partial charge in [-0.1, -0.05) is 13.8 Å². The molecule has 1 heteroatoms. The number of halogens is 1. The summed E-state index contributed by atoms with van der Waals surface area (Å²) in [6, 6.07) is 0. The third kappa shape index (κ3) is 0.861. The minimum atomic E-state index is -0.0825. The van der Waals surface area contributed by atoms with Crippen LogP contribution in [0.2, 0.25) is 0 Å². The summed E-state index contributed by atoms with van der Waals surface area (Å²) in [5, 5.41) is 0. The molecule has 0 aromatic carbocycles. The third-order valence-electron chi connectivity index (χ3n) is 4.20. The first-order chi connectivity index (χ1) is 5.16. The molecule has 0 aliphatic heterocycles. The Morgan fingerprint density at radius 1 is 1.36 bits per heavy atom. The maximum atomic E-state index is 12.5. The monoisotopic (exact) mass is 156 g/mol. The number of alkyl halides is 1. The molecule has 0 amide bonds. The van der Waals surface area contributed by atoms with E-state index >= 15 is 0 Å². The van der Waals surface area contributed by atoms with E-state index in [2.05, 4.69) is 13.8 Å². The molecule has 64 valence electrons. The van der Waals surface area contributed by atoms with E-state index in [4.69, 9.17) is 0 Å². The first kappa shape index (κ1) is 7.57. The van der Waals surface area contributed by atoms with Gasteiger partial charge in [-0.2, -0.15) is 0 Å². The van der Waals surface area contributed by atoms with Gasteiger partial charge in [-0.3, -0.25) is 4.39 Å². The number of hydrogen-bond donors (Lipinski definition) is 0. The van der Waals surface area contributed by atoms with Gasteiger partial charge >= 0.3 is 0 Å². The van der Waals surface area contributed by atoms with Crippen molar-refractivity contribution in [1.82, 2.24) is 0 Å². The van der Waals surface area contributed by atoms with Crippen molar-refractivity contribution in [2.45, 2.75) is 33.1 Å². The highest BCUT2D eigenvalue weighted by Gasteiger charge is 2.53. The topological polar surface area (TPSA) is 0 Å². The standard InChI is InChI=1S/C10H17F/c1-10(2)8-4-3-7(6-11)9(10)5-8/h7-9H,3-6H2,1-2H3. The first-order valence-electron chi connectivity index (χ1n) is 4.72. The Morgan fingerprint density at radius 2 is 2.09 bits per heavy atom. The van der Waals surface area contributed by atoms with Crippen LogP contribution in [0.15, 0.2) is 0 Å². The molecule has 0 heterocycles. The zero-order valence-corrected chi connectivity index (χ0v) is 7.44. The Balaban J connectivity index is 2.10. The second-order valence-corrected chi connectivity index (χ2v) is 4.85. The lowest BCUT2D eigenvalue weighted by atomic mass is 9.46. The summed E-state index contributed by atoms with van der Waals surface area (Å²) in [6.07, 6.45) is 3.73. The van der Waals surface area contributed by atoms with Crippen LogP contribution in [0.25, 0.3) is 0 Å². The van der Waals surface area contributed by atoms with Crippen molar-refractivity contribution in [1.29, 1.82) is 0 Å². The van der Waals surface area contributed by atoms with Gasteiger partial charge in [0.1, 0.15) is 0 Å². The highest BCUT2D eigenvalue weighted by molar-refractivity contribution is 5.02. The Morgan fingerprint density at radius 3 is 2.45 bits per heavy atom. The Hall–Kier alpha value is -0.0700. The zero-order chi connectivity index (χ0) is 8.06. The second kappa shape index (κ2) is 2.21. The van der Waals surface area contributed by atoms with Gasteiger partial charge in [0.2, 0.25) is 0 Å². The largest absolute Gasteiger partial charge is 0.251 e. The van der Waals surface area contributed by atoms with Crippen LogP contribution in [0.4, 0.5) is 4.39 Å². The van der Waals surface area contributed by atoms with Gasteiger partial charge in [0, 0.05) is 0 Å². The van der Waals surface area contributed by atoms with Gasteiger partial charge in [0.25, 0.3) is 0 Å². The highest BCUT2D eigenvalue weighted by Crippen LogP contribution is 2.61. The van der Waals surface area contributed by atoms with Gasteiger partial charge in [-0.05, 0) is 42.4 Å². The lowest BCUT2D eigenvalue weighted by Gasteiger charge is -2.59. The summed E-state index contributed by atoms with van der Waals surface area (Å²) >= 11 is 0. The zero-order valence-electron chi connectivity index (χ0n) is 7.44. The summed E-state index contributed by atoms with van der Waals surface area (Å²) in [5.41, 5.74) is 0.467. The quantitative estimate of drug-likeness (QED) is 0.547. The fourth-order valence-electron chi connectivity index (χ4n) is 3.15. The molecule has 0 radical (unpaired) electrons. The Labute approximate surface area is 68.2 Å². The number of rotatable bonds is 1. The predicted octanol–water partition coefficient (Wildman–Crippen LogP) is 3.03. The van der Waals surface area contributed by atoms with E-state index in [-0.39, 0.29) is 6.67 Å².